The van der Waals surface area contributed by atoms with Crippen LogP contribution in [-0.2, 0) is 9.53 Å². The largest absolute Gasteiger partial charge is 0.460 e. The number of hydrogen-bond acceptors (Lipinski definition) is 4. The first kappa shape index (κ1) is 15.9. The molecule has 84 valence electrons. The van der Waals surface area contributed by atoms with Crippen molar-refractivity contribution in [1.82, 2.24) is 0 Å². The Morgan fingerprint density at radius 1 is 1.50 bits per heavy atom. The lowest BCUT2D eigenvalue weighted by atomic mass is 10.1. The Morgan fingerprint density at radius 2 is 2.14 bits per heavy atom. The normalized spacial score (nSPS) is 11.3. The lowest BCUT2D eigenvalue weighted by Gasteiger charge is -2.09. The second-order valence-electron chi connectivity index (χ2n) is 2.81. The molecule has 4 N–H and O–H groups in total. The van der Waals surface area contributed by atoms with E-state index in [9.17, 15) is 4.79 Å². The van der Waals surface area contributed by atoms with E-state index in [0.29, 0.717) is 13.0 Å². The predicted molar refractivity (Wildman–Crippen MR) is 59.3 cm³/mol. The molecule has 0 aliphatic rings. The molecule has 0 rings (SSSR count). The molecule has 14 heavy (non-hydrogen) atoms. The van der Waals surface area contributed by atoms with Crippen molar-refractivity contribution in [2.24, 2.45) is 11.5 Å². The molecule has 0 amide bonds. The van der Waals surface area contributed by atoms with E-state index in [2.05, 4.69) is 6.58 Å². The first-order valence-electron chi connectivity index (χ1n) is 4.45. The van der Waals surface area contributed by atoms with E-state index in [-0.39, 0.29) is 25.0 Å². The van der Waals surface area contributed by atoms with Gasteiger partial charge in [0.25, 0.3) is 0 Å². The Kier molecular flexibility index (Phi) is 11.9. The van der Waals surface area contributed by atoms with Crippen LogP contribution in [0, 0.1) is 0 Å². The fraction of sp³-hybridized carbons (Fsp3) is 0.667. The van der Waals surface area contributed by atoms with Crippen molar-refractivity contribution in [2.75, 3.05) is 13.2 Å². The molecule has 0 spiro atoms. The molecular weight excluding hydrogens is 204 g/mol. The van der Waals surface area contributed by atoms with Crippen molar-refractivity contribution in [3.63, 3.8) is 0 Å². The zero-order valence-electron chi connectivity index (χ0n) is 8.28. The number of carbonyl (C=O) groups is 1. The highest BCUT2D eigenvalue weighted by molar-refractivity contribution is 5.85. The molecule has 0 aliphatic heterocycles. The van der Waals surface area contributed by atoms with Crippen LogP contribution in [0.3, 0.4) is 0 Å². The summed E-state index contributed by atoms with van der Waals surface area (Å²) in [5.41, 5.74) is 10.8. The Labute approximate surface area is 91.1 Å². The monoisotopic (exact) mass is 222 g/mol. The maximum absolute atomic E-state index is 11.1. The van der Waals surface area contributed by atoms with Gasteiger partial charge in [0.05, 0.1) is 0 Å². The summed E-state index contributed by atoms with van der Waals surface area (Å²) in [4.78, 5) is 11.1. The minimum Gasteiger partial charge on any atom is -0.460 e. The third kappa shape index (κ3) is 8.04. The minimum atomic E-state index is -0.522. The Morgan fingerprint density at radius 3 is 2.64 bits per heavy atom. The Hall–Kier alpha value is -0.580. The average molecular weight is 223 g/mol. The fourth-order valence-corrected chi connectivity index (χ4v) is 0.875. The van der Waals surface area contributed by atoms with Crippen LogP contribution >= 0.6 is 12.4 Å². The van der Waals surface area contributed by atoms with Gasteiger partial charge in [-0.05, 0) is 19.4 Å². The number of halogens is 1. The number of unbranched alkanes of at least 4 members (excludes halogenated alkanes) is 1. The third-order valence-corrected chi connectivity index (χ3v) is 1.62. The fourth-order valence-electron chi connectivity index (χ4n) is 0.875. The maximum atomic E-state index is 11.1. The van der Waals surface area contributed by atoms with Gasteiger partial charge in [-0.15, -0.1) is 12.4 Å². The molecule has 0 unspecified atom stereocenters. The van der Waals surface area contributed by atoms with Gasteiger partial charge in [0.15, 0.2) is 0 Å². The van der Waals surface area contributed by atoms with Gasteiger partial charge in [0.1, 0.15) is 12.6 Å². The molecule has 0 saturated heterocycles. The van der Waals surface area contributed by atoms with Crippen molar-refractivity contribution in [1.29, 1.82) is 0 Å². The van der Waals surface area contributed by atoms with Gasteiger partial charge < -0.3 is 16.2 Å². The molecule has 0 saturated carbocycles. The van der Waals surface area contributed by atoms with Gasteiger partial charge in [-0.25, -0.2) is 0 Å². The highest BCUT2D eigenvalue weighted by Crippen LogP contribution is 1.99. The SMILES string of the molecule is C=CCOC(=O)[C@@H](N)CCCCN.Cl. The summed E-state index contributed by atoms with van der Waals surface area (Å²) in [6, 6.07) is -0.522. The predicted octanol–water partition coefficient (Wildman–Crippen LogP) is 0.594. The summed E-state index contributed by atoms with van der Waals surface area (Å²) < 4.78 is 4.77. The zero-order valence-corrected chi connectivity index (χ0v) is 9.09. The van der Waals surface area contributed by atoms with Crippen LogP contribution in [0.2, 0.25) is 0 Å². The minimum absolute atomic E-state index is 0. The second kappa shape index (κ2) is 10.5. The van der Waals surface area contributed by atoms with Gasteiger partial charge in [-0.2, -0.15) is 0 Å². The van der Waals surface area contributed by atoms with Crippen LogP contribution in [0.1, 0.15) is 19.3 Å². The summed E-state index contributed by atoms with van der Waals surface area (Å²) >= 11 is 0. The van der Waals surface area contributed by atoms with Crippen molar-refractivity contribution < 1.29 is 9.53 Å². The van der Waals surface area contributed by atoms with E-state index in [1.54, 1.807) is 0 Å². The molecule has 0 bridgehead atoms. The van der Waals surface area contributed by atoms with Gasteiger partial charge in [0, 0.05) is 0 Å². The molecule has 0 aliphatic carbocycles. The van der Waals surface area contributed by atoms with Crippen LogP contribution in [-0.4, -0.2) is 25.2 Å². The molecule has 5 heteroatoms. The van der Waals surface area contributed by atoms with Crippen LogP contribution in [0.25, 0.3) is 0 Å². The summed E-state index contributed by atoms with van der Waals surface area (Å²) in [5.74, 6) is -0.364. The first-order chi connectivity index (χ1) is 6.22. The summed E-state index contributed by atoms with van der Waals surface area (Å²) in [6.45, 7) is 4.29. The van der Waals surface area contributed by atoms with Gasteiger partial charge >= 0.3 is 5.97 Å². The van der Waals surface area contributed by atoms with E-state index in [4.69, 9.17) is 16.2 Å². The quantitative estimate of drug-likeness (QED) is 0.376. The van der Waals surface area contributed by atoms with E-state index in [1.165, 1.54) is 6.08 Å². The van der Waals surface area contributed by atoms with Crippen LogP contribution < -0.4 is 11.5 Å². The second-order valence-corrected chi connectivity index (χ2v) is 2.81. The van der Waals surface area contributed by atoms with Crippen molar-refractivity contribution in [2.45, 2.75) is 25.3 Å². The van der Waals surface area contributed by atoms with Crippen molar-refractivity contribution in [3.05, 3.63) is 12.7 Å². The zero-order chi connectivity index (χ0) is 10.1. The highest BCUT2D eigenvalue weighted by atomic mass is 35.5. The third-order valence-electron chi connectivity index (χ3n) is 1.62. The molecule has 0 radical (unpaired) electrons. The maximum Gasteiger partial charge on any atom is 0.323 e. The van der Waals surface area contributed by atoms with E-state index in [1.807, 2.05) is 0 Å². The molecule has 0 aromatic carbocycles. The highest BCUT2D eigenvalue weighted by Gasteiger charge is 2.13. The summed E-state index contributed by atoms with van der Waals surface area (Å²) in [7, 11) is 0. The smallest absolute Gasteiger partial charge is 0.323 e. The number of hydrogen-bond donors (Lipinski definition) is 2. The van der Waals surface area contributed by atoms with Crippen LogP contribution in [0.5, 0.6) is 0 Å². The average Bonchev–Trinajstić information content (AvgIpc) is 2.14. The van der Waals surface area contributed by atoms with Crippen molar-refractivity contribution >= 4 is 18.4 Å². The number of ether oxygens (including phenoxy) is 1. The Balaban J connectivity index is 0. The molecule has 0 fully saturated rings. The van der Waals surface area contributed by atoms with E-state index >= 15 is 0 Å². The Bertz CT molecular complexity index is 165. The number of esters is 1. The van der Waals surface area contributed by atoms with Crippen LogP contribution in [0.15, 0.2) is 12.7 Å². The van der Waals surface area contributed by atoms with Gasteiger partial charge in [-0.3, -0.25) is 4.79 Å². The number of carbonyl (C=O) groups excluding carboxylic acids is 1. The summed E-state index contributed by atoms with van der Waals surface area (Å²) in [5, 5.41) is 0. The lowest BCUT2D eigenvalue weighted by Crippen LogP contribution is -2.32. The molecule has 0 aromatic heterocycles. The van der Waals surface area contributed by atoms with E-state index < -0.39 is 6.04 Å². The molecule has 1 atom stereocenters. The van der Waals surface area contributed by atoms with Crippen LogP contribution in [0.4, 0.5) is 0 Å². The molecule has 0 heterocycles. The molecular formula is C9H19ClN2O2. The summed E-state index contributed by atoms with van der Waals surface area (Å²) in [6.07, 6.45) is 3.90. The molecule has 4 nitrogen and oxygen atoms in total. The van der Waals surface area contributed by atoms with Gasteiger partial charge in [0.2, 0.25) is 0 Å². The lowest BCUT2D eigenvalue weighted by molar-refractivity contribution is -0.144. The van der Waals surface area contributed by atoms with Crippen molar-refractivity contribution in [3.8, 4) is 0 Å². The number of nitrogens with two attached hydrogens (primary N) is 2. The van der Waals surface area contributed by atoms with Gasteiger partial charge in [-0.1, -0.05) is 19.1 Å². The number of rotatable bonds is 7. The molecule has 0 aromatic rings. The van der Waals surface area contributed by atoms with E-state index in [0.717, 1.165) is 12.8 Å². The first-order valence-corrected chi connectivity index (χ1v) is 4.45. The topological polar surface area (TPSA) is 78.3 Å². The standard InChI is InChI=1S/C9H18N2O2.ClH/c1-2-7-13-9(12)8(11)5-3-4-6-10;/h2,8H,1,3-7,10-11H2;1H/t8-;/m0./s1.